The van der Waals surface area contributed by atoms with Crippen molar-refractivity contribution in [1.82, 2.24) is 0 Å². The Morgan fingerprint density at radius 1 is 1.24 bits per heavy atom. The van der Waals surface area contributed by atoms with Gasteiger partial charge in [0.15, 0.2) is 0 Å². The van der Waals surface area contributed by atoms with E-state index in [0.717, 1.165) is 43.7 Å². The molecule has 0 amide bonds. The third-order valence-corrected chi connectivity index (χ3v) is 5.75. The molecule has 3 nitrogen and oxygen atoms in total. The van der Waals surface area contributed by atoms with Gasteiger partial charge < -0.3 is 9.84 Å². The number of carbonyl (C=O) groups is 1. The Bertz CT molecular complexity index is 685. The molecular formula is C24H32F2O3. The van der Waals surface area contributed by atoms with Gasteiger partial charge in [0, 0.05) is 18.1 Å². The van der Waals surface area contributed by atoms with E-state index in [1.807, 2.05) is 12.1 Å². The predicted octanol–water partition coefficient (Wildman–Crippen LogP) is 5.79. The van der Waals surface area contributed by atoms with E-state index in [0.29, 0.717) is 30.3 Å². The van der Waals surface area contributed by atoms with Gasteiger partial charge >= 0.3 is 5.97 Å². The molecule has 1 aliphatic carbocycles. The first kappa shape index (κ1) is 23.3. The average molecular weight is 407 g/mol. The van der Waals surface area contributed by atoms with Crippen LogP contribution >= 0.6 is 0 Å². The minimum absolute atomic E-state index is 0.0202. The topological polar surface area (TPSA) is 46.5 Å². The molecule has 0 radical (unpaired) electrons. The Labute approximate surface area is 172 Å². The maximum Gasteiger partial charge on any atom is 0.333 e. The molecular weight excluding hydrogens is 374 g/mol. The molecule has 1 aromatic carbocycles. The van der Waals surface area contributed by atoms with Crippen molar-refractivity contribution in [3.8, 4) is 0 Å². The molecule has 2 rings (SSSR count). The molecule has 1 fully saturated rings. The van der Waals surface area contributed by atoms with Crippen LogP contribution in [-0.2, 0) is 16.0 Å². The number of aryl methyl sites for hydroxylation is 1. The molecule has 0 aliphatic heterocycles. The van der Waals surface area contributed by atoms with Crippen molar-refractivity contribution in [3.63, 3.8) is 0 Å². The third-order valence-electron chi connectivity index (χ3n) is 5.75. The summed E-state index contributed by atoms with van der Waals surface area (Å²) >= 11 is 0. The van der Waals surface area contributed by atoms with Crippen molar-refractivity contribution in [2.45, 2.75) is 57.8 Å². The summed E-state index contributed by atoms with van der Waals surface area (Å²) in [4.78, 5) is 11.5. The lowest BCUT2D eigenvalue weighted by Gasteiger charge is -2.30. The molecule has 1 aliphatic rings. The fraction of sp³-hybridized carbons (Fsp3) is 0.542. The lowest BCUT2D eigenvalue weighted by molar-refractivity contribution is -0.140. The second-order valence-electron chi connectivity index (χ2n) is 8.15. The Morgan fingerprint density at radius 3 is 2.45 bits per heavy atom. The molecule has 1 atom stereocenters. The first-order valence-corrected chi connectivity index (χ1v) is 10.4. The van der Waals surface area contributed by atoms with Crippen LogP contribution < -0.4 is 0 Å². The number of carbonyl (C=O) groups excluding carboxylic acids is 1. The Morgan fingerprint density at radius 2 is 1.90 bits per heavy atom. The molecule has 0 heterocycles. The van der Waals surface area contributed by atoms with Crippen LogP contribution in [0, 0.1) is 11.8 Å². The SMILES string of the molecule is C=C(C)C(=O)OCC(CO)CC1CCC(c2ccc(CCC=C(F)F)cc2)CC1. The molecule has 1 saturated carbocycles. The standard InChI is InChI=1S/C24H32F2O3/c1-17(2)24(28)29-16-20(15-27)14-19-8-12-22(13-9-19)21-10-6-18(7-11-21)4-3-5-23(25)26/h5-7,10-11,19-20,22,27H,1,3-4,8-9,12-16H2,2H3. The lowest BCUT2D eigenvalue weighted by Crippen LogP contribution is -2.23. The maximum absolute atomic E-state index is 12.1. The highest BCUT2D eigenvalue weighted by atomic mass is 19.3. The van der Waals surface area contributed by atoms with Gasteiger partial charge in [-0.1, -0.05) is 30.8 Å². The third kappa shape index (κ3) is 8.09. The predicted molar refractivity (Wildman–Crippen MR) is 111 cm³/mol. The summed E-state index contributed by atoms with van der Waals surface area (Å²) in [5.74, 6) is 0.634. The molecule has 1 aromatic rings. The summed E-state index contributed by atoms with van der Waals surface area (Å²) in [6.45, 7) is 5.45. The highest BCUT2D eigenvalue weighted by Gasteiger charge is 2.25. The first-order chi connectivity index (χ1) is 13.9. The van der Waals surface area contributed by atoms with Gasteiger partial charge in [-0.05, 0) is 80.9 Å². The van der Waals surface area contributed by atoms with Crippen molar-refractivity contribution in [2.75, 3.05) is 13.2 Å². The van der Waals surface area contributed by atoms with Gasteiger partial charge in [0.05, 0.1) is 6.61 Å². The molecule has 0 spiro atoms. The zero-order valence-corrected chi connectivity index (χ0v) is 17.2. The first-order valence-electron chi connectivity index (χ1n) is 10.4. The number of benzene rings is 1. The molecule has 0 saturated heterocycles. The summed E-state index contributed by atoms with van der Waals surface area (Å²) in [6.07, 6.45) is 5.60. The van der Waals surface area contributed by atoms with E-state index in [1.54, 1.807) is 6.92 Å². The number of aliphatic hydroxyl groups excluding tert-OH is 1. The van der Waals surface area contributed by atoms with E-state index in [4.69, 9.17) is 4.74 Å². The van der Waals surface area contributed by atoms with Crippen molar-refractivity contribution >= 4 is 5.97 Å². The minimum Gasteiger partial charge on any atom is -0.462 e. The monoisotopic (exact) mass is 406 g/mol. The van der Waals surface area contributed by atoms with Crippen molar-refractivity contribution in [3.05, 3.63) is 59.7 Å². The van der Waals surface area contributed by atoms with E-state index >= 15 is 0 Å². The van der Waals surface area contributed by atoms with Crippen LogP contribution in [0.15, 0.2) is 48.6 Å². The molecule has 5 heteroatoms. The van der Waals surface area contributed by atoms with Crippen LogP contribution in [0.3, 0.4) is 0 Å². The summed E-state index contributed by atoms with van der Waals surface area (Å²) in [5, 5.41) is 9.60. The van der Waals surface area contributed by atoms with Crippen LogP contribution in [0.2, 0.25) is 0 Å². The van der Waals surface area contributed by atoms with E-state index in [1.165, 1.54) is 5.56 Å². The zero-order chi connectivity index (χ0) is 21.2. The van der Waals surface area contributed by atoms with Crippen LogP contribution in [0.4, 0.5) is 8.78 Å². The smallest absolute Gasteiger partial charge is 0.333 e. The Hall–Kier alpha value is -2.01. The van der Waals surface area contributed by atoms with E-state index in [9.17, 15) is 18.7 Å². The maximum atomic E-state index is 12.1. The summed E-state index contributed by atoms with van der Waals surface area (Å²) in [5.41, 5.74) is 2.77. The molecule has 0 bridgehead atoms. The molecule has 1 N–H and O–H groups in total. The minimum atomic E-state index is -1.62. The molecule has 160 valence electrons. The van der Waals surface area contributed by atoms with Gasteiger partial charge in [-0.2, -0.15) is 8.78 Å². The fourth-order valence-corrected chi connectivity index (χ4v) is 4.02. The fourth-order valence-electron chi connectivity index (χ4n) is 4.02. The molecule has 0 aromatic heterocycles. The van der Waals surface area contributed by atoms with Crippen molar-refractivity contribution < 1.29 is 23.4 Å². The van der Waals surface area contributed by atoms with Crippen LogP contribution in [-0.4, -0.2) is 24.3 Å². The summed E-state index contributed by atoms with van der Waals surface area (Å²) < 4.78 is 29.4. The van der Waals surface area contributed by atoms with E-state index < -0.39 is 12.0 Å². The number of esters is 1. The van der Waals surface area contributed by atoms with Gasteiger partial charge in [-0.15, -0.1) is 0 Å². The summed E-state index contributed by atoms with van der Waals surface area (Å²) in [7, 11) is 0. The number of ether oxygens (including phenoxy) is 1. The van der Waals surface area contributed by atoms with Crippen molar-refractivity contribution in [1.29, 1.82) is 0 Å². The van der Waals surface area contributed by atoms with Gasteiger partial charge in [0.2, 0.25) is 0 Å². The molecule has 29 heavy (non-hydrogen) atoms. The average Bonchev–Trinajstić information content (AvgIpc) is 2.71. The second kappa shape index (κ2) is 11.9. The number of hydrogen-bond acceptors (Lipinski definition) is 3. The number of rotatable bonds is 10. The number of halogens is 2. The zero-order valence-electron chi connectivity index (χ0n) is 17.2. The van der Waals surface area contributed by atoms with Crippen LogP contribution in [0.5, 0.6) is 0 Å². The normalized spacial score (nSPS) is 20.0. The van der Waals surface area contributed by atoms with Gasteiger partial charge in [0.25, 0.3) is 6.08 Å². The van der Waals surface area contributed by atoms with Crippen LogP contribution in [0.1, 0.15) is 62.5 Å². The number of aliphatic hydroxyl groups is 1. The Balaban J connectivity index is 1.77. The highest BCUT2D eigenvalue weighted by Crippen LogP contribution is 2.38. The quantitative estimate of drug-likeness (QED) is 0.395. The van der Waals surface area contributed by atoms with Crippen molar-refractivity contribution in [2.24, 2.45) is 11.8 Å². The lowest BCUT2D eigenvalue weighted by atomic mass is 9.76. The molecule has 1 unspecified atom stereocenters. The summed E-state index contributed by atoms with van der Waals surface area (Å²) in [6, 6.07) is 8.35. The van der Waals surface area contributed by atoms with E-state index in [2.05, 4.69) is 18.7 Å². The highest BCUT2D eigenvalue weighted by molar-refractivity contribution is 5.86. The number of allylic oxidation sites excluding steroid dienone is 1. The van der Waals surface area contributed by atoms with Gasteiger partial charge in [-0.25, -0.2) is 4.79 Å². The van der Waals surface area contributed by atoms with Gasteiger partial charge in [-0.3, -0.25) is 0 Å². The Kier molecular flexibility index (Phi) is 9.52. The van der Waals surface area contributed by atoms with Crippen LogP contribution in [0.25, 0.3) is 0 Å². The van der Waals surface area contributed by atoms with Gasteiger partial charge in [0.1, 0.15) is 0 Å². The second-order valence-corrected chi connectivity index (χ2v) is 8.15. The van der Waals surface area contributed by atoms with E-state index in [-0.39, 0.29) is 19.1 Å². The largest absolute Gasteiger partial charge is 0.462 e. The number of hydrogen-bond donors (Lipinski definition) is 1.